The number of nitrogens with two attached hydrogens (primary N) is 1. The molecule has 4 nitrogen and oxygen atoms in total. The topological polar surface area (TPSA) is 68.0 Å². The molecule has 1 saturated carbocycles. The van der Waals surface area contributed by atoms with Crippen molar-refractivity contribution >= 4 is 5.91 Å². The molecule has 1 unspecified atom stereocenters. The molecule has 1 aliphatic rings. The lowest BCUT2D eigenvalue weighted by atomic mass is 9.69. The van der Waals surface area contributed by atoms with Gasteiger partial charge in [0.25, 0.3) is 0 Å². The van der Waals surface area contributed by atoms with Crippen molar-refractivity contribution in [3.05, 3.63) is 30.1 Å². The predicted octanol–water partition coefficient (Wildman–Crippen LogP) is 2.95. The number of amides is 1. The Labute approximate surface area is 127 Å². The van der Waals surface area contributed by atoms with Gasteiger partial charge >= 0.3 is 0 Å². The van der Waals surface area contributed by atoms with Crippen molar-refractivity contribution in [3.63, 3.8) is 0 Å². The Hall–Kier alpha value is -1.42. The van der Waals surface area contributed by atoms with Crippen LogP contribution in [0.2, 0.25) is 0 Å². The van der Waals surface area contributed by atoms with Gasteiger partial charge in [0, 0.05) is 12.2 Å². The Morgan fingerprint density at radius 2 is 2.05 bits per heavy atom. The minimum atomic E-state index is -0.480. The van der Waals surface area contributed by atoms with Crippen LogP contribution in [0, 0.1) is 5.41 Å². The van der Waals surface area contributed by atoms with Crippen molar-refractivity contribution in [1.29, 1.82) is 0 Å². The fraction of sp³-hybridized carbons (Fsp3) is 0.647. The van der Waals surface area contributed by atoms with Gasteiger partial charge in [0.05, 0.1) is 5.69 Å². The number of nitrogens with zero attached hydrogens (tertiary/aromatic N) is 1. The average Bonchev–Trinajstić information content (AvgIpc) is 2.54. The minimum absolute atomic E-state index is 0.350. The van der Waals surface area contributed by atoms with Gasteiger partial charge in [-0.1, -0.05) is 32.8 Å². The summed E-state index contributed by atoms with van der Waals surface area (Å²) in [5.74, 6) is -0.350. The van der Waals surface area contributed by atoms with E-state index in [9.17, 15) is 4.79 Å². The largest absolute Gasteiger partial charge is 0.368 e. The first-order valence-corrected chi connectivity index (χ1v) is 8.06. The van der Waals surface area contributed by atoms with Crippen LogP contribution in [0.25, 0.3) is 0 Å². The van der Waals surface area contributed by atoms with E-state index in [1.54, 1.807) is 6.20 Å². The second-order valence-corrected chi connectivity index (χ2v) is 6.24. The maximum Gasteiger partial charge on any atom is 0.240 e. The molecule has 0 radical (unpaired) electrons. The molecular weight excluding hydrogens is 262 g/mol. The van der Waals surface area contributed by atoms with Gasteiger partial charge in [-0.2, -0.15) is 0 Å². The van der Waals surface area contributed by atoms with Crippen molar-refractivity contribution in [2.75, 3.05) is 0 Å². The first-order valence-electron chi connectivity index (χ1n) is 8.06. The van der Waals surface area contributed by atoms with Crippen LogP contribution in [0.3, 0.4) is 0 Å². The van der Waals surface area contributed by atoms with E-state index < -0.39 is 6.04 Å². The zero-order chi connectivity index (χ0) is 15.3. The zero-order valence-electron chi connectivity index (χ0n) is 13.1. The van der Waals surface area contributed by atoms with Crippen LogP contribution in [-0.2, 0) is 4.79 Å². The smallest absolute Gasteiger partial charge is 0.240 e. The summed E-state index contributed by atoms with van der Waals surface area (Å²) >= 11 is 0. The highest BCUT2D eigenvalue weighted by atomic mass is 16.1. The van der Waals surface area contributed by atoms with E-state index in [0.717, 1.165) is 12.8 Å². The Kier molecular flexibility index (Phi) is 5.34. The van der Waals surface area contributed by atoms with Gasteiger partial charge in [-0.25, -0.2) is 0 Å². The second kappa shape index (κ2) is 7.03. The van der Waals surface area contributed by atoms with Gasteiger partial charge in [-0.05, 0) is 43.2 Å². The van der Waals surface area contributed by atoms with Crippen LogP contribution in [0.15, 0.2) is 24.4 Å². The molecule has 0 saturated heterocycles. The minimum Gasteiger partial charge on any atom is -0.368 e. The van der Waals surface area contributed by atoms with E-state index in [2.05, 4.69) is 24.1 Å². The number of hydrogen-bond donors (Lipinski definition) is 2. The van der Waals surface area contributed by atoms with Crippen LogP contribution in [-0.4, -0.2) is 16.9 Å². The maximum atomic E-state index is 11.7. The molecule has 2 rings (SSSR count). The normalized spacial score (nSPS) is 20.1. The summed E-state index contributed by atoms with van der Waals surface area (Å²) in [4.78, 5) is 16.0. The third kappa shape index (κ3) is 3.82. The molecule has 1 fully saturated rings. The highest BCUT2D eigenvalue weighted by molar-refractivity contribution is 5.80. The van der Waals surface area contributed by atoms with Crippen LogP contribution >= 0.6 is 0 Å². The van der Waals surface area contributed by atoms with Gasteiger partial charge in [0.1, 0.15) is 6.04 Å². The molecule has 1 aliphatic carbocycles. The fourth-order valence-corrected chi connectivity index (χ4v) is 3.45. The van der Waals surface area contributed by atoms with Crippen LogP contribution in [0.1, 0.15) is 64.1 Å². The summed E-state index contributed by atoms with van der Waals surface area (Å²) in [7, 11) is 0. The number of aromatic nitrogens is 1. The number of pyridine rings is 1. The number of carbonyl (C=O) groups excluding carboxylic acids is 1. The third-order valence-corrected chi connectivity index (χ3v) is 5.22. The molecule has 1 heterocycles. The zero-order valence-corrected chi connectivity index (χ0v) is 13.1. The van der Waals surface area contributed by atoms with Crippen molar-refractivity contribution in [3.8, 4) is 0 Å². The van der Waals surface area contributed by atoms with Crippen molar-refractivity contribution < 1.29 is 4.79 Å². The SMILES string of the molecule is CCC1(CC)CCC(NC(C(N)=O)c2ccccn2)CC1. The Bertz CT molecular complexity index is 446. The van der Waals surface area contributed by atoms with Gasteiger partial charge in [-0.15, -0.1) is 0 Å². The summed E-state index contributed by atoms with van der Waals surface area (Å²) in [6.07, 6.45) is 8.87. The third-order valence-electron chi connectivity index (χ3n) is 5.22. The molecule has 116 valence electrons. The van der Waals surface area contributed by atoms with Crippen LogP contribution in [0.5, 0.6) is 0 Å². The van der Waals surface area contributed by atoms with Gasteiger partial charge in [0.2, 0.25) is 5.91 Å². The standard InChI is InChI=1S/C17H27N3O/c1-3-17(4-2)10-8-13(9-11-17)20-15(16(18)21)14-7-5-6-12-19-14/h5-7,12-13,15,20H,3-4,8-11H2,1-2H3,(H2,18,21). The highest BCUT2D eigenvalue weighted by Crippen LogP contribution is 2.42. The van der Waals surface area contributed by atoms with E-state index in [4.69, 9.17) is 5.73 Å². The predicted molar refractivity (Wildman–Crippen MR) is 84.6 cm³/mol. The number of rotatable bonds is 6. The quantitative estimate of drug-likeness (QED) is 0.846. The Balaban J connectivity index is 1.99. The Morgan fingerprint density at radius 1 is 1.38 bits per heavy atom. The second-order valence-electron chi connectivity index (χ2n) is 6.24. The first-order chi connectivity index (χ1) is 10.1. The average molecular weight is 289 g/mol. The monoisotopic (exact) mass is 289 g/mol. The van der Waals surface area contributed by atoms with E-state index in [-0.39, 0.29) is 5.91 Å². The molecule has 3 N–H and O–H groups in total. The summed E-state index contributed by atoms with van der Waals surface area (Å²) in [5.41, 5.74) is 6.77. The van der Waals surface area contributed by atoms with Crippen LogP contribution < -0.4 is 11.1 Å². The van der Waals surface area contributed by atoms with Crippen LogP contribution in [0.4, 0.5) is 0 Å². The number of nitrogens with one attached hydrogen (secondary N) is 1. The van der Waals surface area contributed by atoms with Crippen molar-refractivity contribution in [1.82, 2.24) is 10.3 Å². The lowest BCUT2D eigenvalue weighted by molar-refractivity contribution is -0.120. The van der Waals surface area contributed by atoms with E-state index >= 15 is 0 Å². The Morgan fingerprint density at radius 3 is 2.52 bits per heavy atom. The molecule has 21 heavy (non-hydrogen) atoms. The molecular formula is C17H27N3O. The van der Waals surface area contributed by atoms with Gasteiger partial charge in [0.15, 0.2) is 0 Å². The van der Waals surface area contributed by atoms with Crippen molar-refractivity contribution in [2.45, 2.75) is 64.5 Å². The number of hydrogen-bond acceptors (Lipinski definition) is 3. The maximum absolute atomic E-state index is 11.7. The van der Waals surface area contributed by atoms with E-state index in [0.29, 0.717) is 17.2 Å². The highest BCUT2D eigenvalue weighted by Gasteiger charge is 2.33. The molecule has 1 aromatic rings. The van der Waals surface area contributed by atoms with Crippen molar-refractivity contribution in [2.24, 2.45) is 11.1 Å². The number of primary amides is 1. The molecule has 1 aromatic heterocycles. The fourth-order valence-electron chi connectivity index (χ4n) is 3.45. The lowest BCUT2D eigenvalue weighted by Crippen LogP contribution is -2.43. The molecule has 0 bridgehead atoms. The van der Waals surface area contributed by atoms with E-state index in [1.165, 1.54) is 25.7 Å². The molecule has 0 spiro atoms. The van der Waals surface area contributed by atoms with E-state index in [1.807, 2.05) is 18.2 Å². The summed E-state index contributed by atoms with van der Waals surface area (Å²) < 4.78 is 0. The molecule has 1 atom stereocenters. The molecule has 0 aliphatic heterocycles. The first kappa shape index (κ1) is 16.0. The molecule has 4 heteroatoms. The lowest BCUT2D eigenvalue weighted by Gasteiger charge is -2.40. The molecule has 1 amide bonds. The summed E-state index contributed by atoms with van der Waals surface area (Å²) in [5, 5.41) is 3.42. The van der Waals surface area contributed by atoms with Gasteiger partial charge in [-0.3, -0.25) is 15.1 Å². The summed E-state index contributed by atoms with van der Waals surface area (Å²) in [6.45, 7) is 4.58. The number of carbonyl (C=O) groups is 1. The van der Waals surface area contributed by atoms with Gasteiger partial charge < -0.3 is 5.73 Å². The summed E-state index contributed by atoms with van der Waals surface area (Å²) in [6, 6.07) is 5.47. The molecule has 0 aromatic carbocycles.